The van der Waals surface area contributed by atoms with Gasteiger partial charge in [-0.1, -0.05) is 52.6 Å². The first kappa shape index (κ1) is 25.6. The van der Waals surface area contributed by atoms with E-state index in [1.807, 2.05) is 38.1 Å². The number of allylic oxidation sites excluding steroid dienone is 6. The molecule has 1 amide bonds. The Labute approximate surface area is 183 Å². The van der Waals surface area contributed by atoms with Gasteiger partial charge in [0.15, 0.2) is 0 Å². The number of anilines is 1. The normalized spacial score (nSPS) is 12.7. The van der Waals surface area contributed by atoms with Crippen LogP contribution in [0.1, 0.15) is 71.8 Å². The van der Waals surface area contributed by atoms with Gasteiger partial charge < -0.3 is 10.4 Å². The highest BCUT2D eigenvalue weighted by molar-refractivity contribution is 5.99. The quantitative estimate of drug-likeness (QED) is 0.287. The van der Waals surface area contributed by atoms with Crippen LogP contribution in [0.25, 0.3) is 0 Å². The van der Waals surface area contributed by atoms with E-state index in [0.717, 1.165) is 55.4 Å². The third-order valence-corrected chi connectivity index (χ3v) is 4.92. The molecule has 0 spiro atoms. The van der Waals surface area contributed by atoms with E-state index in [0.29, 0.717) is 0 Å². The number of benzene rings is 1. The Bertz CT molecular complexity index is 776. The predicted octanol–water partition coefficient (Wildman–Crippen LogP) is 7.05. The molecule has 1 aromatic carbocycles. The molecule has 0 unspecified atom stereocenters. The van der Waals surface area contributed by atoms with E-state index in [9.17, 15) is 9.90 Å². The zero-order valence-electron chi connectivity index (χ0n) is 19.4. The van der Waals surface area contributed by atoms with Crippen molar-refractivity contribution in [3.63, 3.8) is 0 Å². The molecule has 0 aliphatic rings. The Morgan fingerprint density at radius 2 is 1.47 bits per heavy atom. The fourth-order valence-electron chi connectivity index (χ4n) is 3.06. The number of carbonyl (C=O) groups excluding carboxylic acids is 1. The van der Waals surface area contributed by atoms with Crippen molar-refractivity contribution in [2.75, 3.05) is 11.9 Å². The SMILES string of the molecule is CC(C)=CCC/C(C)=C/CC/C(=C/CC/C(C)=C/C(=O)Nc1ccc(C)cc1)CO. The summed E-state index contributed by atoms with van der Waals surface area (Å²) >= 11 is 0. The molecule has 0 saturated heterocycles. The summed E-state index contributed by atoms with van der Waals surface area (Å²) in [6, 6.07) is 7.77. The van der Waals surface area contributed by atoms with Crippen molar-refractivity contribution in [2.45, 2.75) is 73.1 Å². The van der Waals surface area contributed by atoms with Crippen LogP contribution in [0.15, 0.2) is 70.9 Å². The second kappa shape index (κ2) is 14.6. The van der Waals surface area contributed by atoms with Crippen molar-refractivity contribution in [3.05, 3.63) is 76.4 Å². The van der Waals surface area contributed by atoms with E-state index >= 15 is 0 Å². The summed E-state index contributed by atoms with van der Waals surface area (Å²) in [6.45, 7) is 10.5. The number of aliphatic hydroxyl groups is 1. The molecule has 1 rings (SSSR count). The molecule has 3 heteroatoms. The van der Waals surface area contributed by atoms with Gasteiger partial charge in [0.25, 0.3) is 0 Å². The van der Waals surface area contributed by atoms with Crippen LogP contribution in [0, 0.1) is 6.92 Å². The minimum Gasteiger partial charge on any atom is -0.392 e. The first-order chi connectivity index (χ1) is 14.3. The van der Waals surface area contributed by atoms with Gasteiger partial charge in [-0.15, -0.1) is 0 Å². The topological polar surface area (TPSA) is 49.3 Å². The lowest BCUT2D eigenvalue weighted by Gasteiger charge is -2.05. The Kier molecular flexibility index (Phi) is 12.5. The maximum Gasteiger partial charge on any atom is 0.248 e. The smallest absolute Gasteiger partial charge is 0.248 e. The van der Waals surface area contributed by atoms with Crippen LogP contribution in [0.5, 0.6) is 0 Å². The van der Waals surface area contributed by atoms with Crippen molar-refractivity contribution in [1.82, 2.24) is 0 Å². The zero-order chi connectivity index (χ0) is 22.4. The summed E-state index contributed by atoms with van der Waals surface area (Å²) < 4.78 is 0. The van der Waals surface area contributed by atoms with Crippen molar-refractivity contribution in [1.29, 1.82) is 0 Å². The average Bonchev–Trinajstić information content (AvgIpc) is 2.68. The monoisotopic (exact) mass is 409 g/mol. The standard InChI is InChI=1S/C27H39NO2/c1-21(2)9-6-10-22(3)11-7-13-25(20-29)14-8-12-24(5)19-27(30)28-26-17-15-23(4)16-18-26/h9,11,14-19,29H,6-8,10,12-13,20H2,1-5H3,(H,28,30)/b22-11+,24-19+,25-14-. The van der Waals surface area contributed by atoms with E-state index in [-0.39, 0.29) is 12.5 Å². The van der Waals surface area contributed by atoms with Gasteiger partial charge in [-0.05, 0) is 90.8 Å². The summed E-state index contributed by atoms with van der Waals surface area (Å²) in [5, 5.41) is 12.5. The van der Waals surface area contributed by atoms with Gasteiger partial charge in [0.05, 0.1) is 6.61 Å². The average molecular weight is 410 g/mol. The lowest BCUT2D eigenvalue weighted by Crippen LogP contribution is -2.08. The number of amides is 1. The lowest BCUT2D eigenvalue weighted by atomic mass is 10.0. The van der Waals surface area contributed by atoms with Crippen LogP contribution < -0.4 is 5.32 Å². The van der Waals surface area contributed by atoms with Gasteiger partial charge in [0.2, 0.25) is 5.91 Å². The van der Waals surface area contributed by atoms with Gasteiger partial charge >= 0.3 is 0 Å². The summed E-state index contributed by atoms with van der Waals surface area (Å²) in [5.41, 5.74) is 6.85. The third kappa shape index (κ3) is 12.2. The van der Waals surface area contributed by atoms with Crippen LogP contribution in [0.2, 0.25) is 0 Å². The Balaban J connectivity index is 2.41. The van der Waals surface area contributed by atoms with Crippen molar-refractivity contribution >= 4 is 11.6 Å². The Hall–Kier alpha value is -2.39. The minimum absolute atomic E-state index is 0.0985. The van der Waals surface area contributed by atoms with Gasteiger partial charge in [0, 0.05) is 11.8 Å². The number of rotatable bonds is 12. The van der Waals surface area contributed by atoms with E-state index < -0.39 is 0 Å². The highest BCUT2D eigenvalue weighted by Crippen LogP contribution is 2.14. The molecule has 0 atom stereocenters. The maximum absolute atomic E-state index is 12.1. The fraction of sp³-hybridized carbons (Fsp3) is 0.444. The largest absolute Gasteiger partial charge is 0.392 e. The van der Waals surface area contributed by atoms with Crippen molar-refractivity contribution < 1.29 is 9.90 Å². The molecule has 0 saturated carbocycles. The highest BCUT2D eigenvalue weighted by atomic mass is 16.3. The van der Waals surface area contributed by atoms with E-state index in [4.69, 9.17) is 0 Å². The molecule has 0 fully saturated rings. The molecule has 0 heterocycles. The van der Waals surface area contributed by atoms with Crippen LogP contribution >= 0.6 is 0 Å². The summed E-state index contributed by atoms with van der Waals surface area (Å²) in [4.78, 5) is 12.1. The first-order valence-electron chi connectivity index (χ1n) is 10.9. The Morgan fingerprint density at radius 1 is 0.867 bits per heavy atom. The molecule has 164 valence electrons. The molecule has 0 bridgehead atoms. The van der Waals surface area contributed by atoms with E-state index in [1.165, 1.54) is 16.7 Å². The molecule has 30 heavy (non-hydrogen) atoms. The number of nitrogens with one attached hydrogen (secondary N) is 1. The number of aryl methyl sites for hydroxylation is 1. The first-order valence-corrected chi connectivity index (χ1v) is 10.9. The zero-order valence-corrected chi connectivity index (χ0v) is 19.4. The molecule has 3 nitrogen and oxygen atoms in total. The van der Waals surface area contributed by atoms with Crippen LogP contribution in [0.3, 0.4) is 0 Å². The van der Waals surface area contributed by atoms with Crippen molar-refractivity contribution in [2.24, 2.45) is 0 Å². The molecule has 0 aliphatic carbocycles. The number of aliphatic hydroxyl groups excluding tert-OH is 1. The molecule has 0 aliphatic heterocycles. The molecule has 0 radical (unpaired) electrons. The van der Waals surface area contributed by atoms with Crippen LogP contribution in [-0.4, -0.2) is 17.6 Å². The van der Waals surface area contributed by atoms with Crippen LogP contribution in [-0.2, 0) is 4.79 Å². The van der Waals surface area contributed by atoms with E-state index in [1.54, 1.807) is 6.08 Å². The van der Waals surface area contributed by atoms with Gasteiger partial charge in [0.1, 0.15) is 0 Å². The predicted molar refractivity (Wildman–Crippen MR) is 130 cm³/mol. The maximum atomic E-state index is 12.1. The van der Waals surface area contributed by atoms with E-state index in [2.05, 4.69) is 44.3 Å². The third-order valence-electron chi connectivity index (χ3n) is 4.92. The van der Waals surface area contributed by atoms with Crippen molar-refractivity contribution in [3.8, 4) is 0 Å². The lowest BCUT2D eigenvalue weighted by molar-refractivity contribution is -0.112. The molecular weight excluding hydrogens is 370 g/mol. The highest BCUT2D eigenvalue weighted by Gasteiger charge is 2.01. The summed E-state index contributed by atoms with van der Waals surface area (Å²) in [7, 11) is 0. The summed E-state index contributed by atoms with van der Waals surface area (Å²) in [5.74, 6) is -0.101. The minimum atomic E-state index is -0.101. The Morgan fingerprint density at radius 3 is 2.10 bits per heavy atom. The molecule has 2 N–H and O–H groups in total. The second-order valence-corrected chi connectivity index (χ2v) is 8.31. The fourth-order valence-corrected chi connectivity index (χ4v) is 3.06. The van der Waals surface area contributed by atoms with Crippen LogP contribution in [0.4, 0.5) is 5.69 Å². The number of hydrogen-bond donors (Lipinski definition) is 2. The molecular formula is C27H39NO2. The van der Waals surface area contributed by atoms with Gasteiger partial charge in [-0.3, -0.25) is 4.79 Å². The number of hydrogen-bond acceptors (Lipinski definition) is 2. The molecule has 0 aromatic heterocycles. The van der Waals surface area contributed by atoms with Gasteiger partial charge in [-0.2, -0.15) is 0 Å². The molecule has 1 aromatic rings. The summed E-state index contributed by atoms with van der Waals surface area (Å²) in [6.07, 6.45) is 14.0. The van der Waals surface area contributed by atoms with Gasteiger partial charge in [-0.25, -0.2) is 0 Å². The second-order valence-electron chi connectivity index (χ2n) is 8.31. The number of carbonyl (C=O) groups is 1.